The SMILES string of the molecule is CCOC(=O)c1c(NC(=O)COC(=O)c2nc3nccc(C)n3n2)sc(C)c1-c1ccccc1. The number of hydrogen-bond acceptors (Lipinski definition) is 9. The molecule has 174 valence electrons. The van der Waals surface area contributed by atoms with Crippen LogP contribution in [0.25, 0.3) is 16.9 Å². The minimum absolute atomic E-state index is 0.188. The first-order valence-corrected chi connectivity index (χ1v) is 11.2. The molecule has 0 aliphatic heterocycles. The number of hydrogen-bond donors (Lipinski definition) is 1. The molecule has 0 aliphatic carbocycles. The molecule has 0 aliphatic rings. The fourth-order valence-electron chi connectivity index (χ4n) is 3.33. The van der Waals surface area contributed by atoms with Gasteiger partial charge in [0.15, 0.2) is 6.61 Å². The van der Waals surface area contributed by atoms with Crippen molar-refractivity contribution in [2.45, 2.75) is 20.8 Å². The summed E-state index contributed by atoms with van der Waals surface area (Å²) >= 11 is 1.24. The molecule has 1 aromatic carbocycles. The fourth-order valence-corrected chi connectivity index (χ4v) is 4.41. The van der Waals surface area contributed by atoms with Gasteiger partial charge in [0.05, 0.1) is 6.61 Å². The van der Waals surface area contributed by atoms with Gasteiger partial charge in [-0.25, -0.2) is 19.1 Å². The average Bonchev–Trinajstić information content (AvgIpc) is 3.40. The summed E-state index contributed by atoms with van der Waals surface area (Å²) in [6.07, 6.45) is 1.55. The number of benzene rings is 1. The number of esters is 2. The first-order chi connectivity index (χ1) is 16.4. The lowest BCUT2D eigenvalue weighted by Gasteiger charge is -2.09. The maximum Gasteiger partial charge on any atom is 0.378 e. The summed E-state index contributed by atoms with van der Waals surface area (Å²) in [5.74, 6) is -1.98. The monoisotopic (exact) mass is 479 g/mol. The second kappa shape index (κ2) is 9.79. The molecular formula is C23H21N5O5S. The molecule has 0 unspecified atom stereocenters. The Kier molecular flexibility index (Phi) is 6.64. The van der Waals surface area contributed by atoms with Crippen molar-refractivity contribution in [1.82, 2.24) is 19.6 Å². The average molecular weight is 480 g/mol. The summed E-state index contributed by atoms with van der Waals surface area (Å²) in [7, 11) is 0. The van der Waals surface area contributed by atoms with Crippen LogP contribution in [-0.2, 0) is 14.3 Å². The van der Waals surface area contributed by atoms with Crippen molar-refractivity contribution in [3.63, 3.8) is 0 Å². The van der Waals surface area contributed by atoms with E-state index >= 15 is 0 Å². The molecule has 1 amide bonds. The van der Waals surface area contributed by atoms with Gasteiger partial charge in [-0.3, -0.25) is 4.79 Å². The summed E-state index contributed by atoms with van der Waals surface area (Å²) in [4.78, 5) is 46.5. The van der Waals surface area contributed by atoms with E-state index in [4.69, 9.17) is 9.47 Å². The molecule has 3 aromatic heterocycles. The van der Waals surface area contributed by atoms with Gasteiger partial charge in [0.1, 0.15) is 10.6 Å². The molecule has 10 nitrogen and oxygen atoms in total. The Balaban J connectivity index is 1.51. The van der Waals surface area contributed by atoms with Crippen LogP contribution in [0.1, 0.15) is 38.5 Å². The minimum Gasteiger partial charge on any atom is -0.462 e. The van der Waals surface area contributed by atoms with E-state index < -0.39 is 24.5 Å². The molecule has 0 bridgehead atoms. The van der Waals surface area contributed by atoms with Gasteiger partial charge in [-0.2, -0.15) is 4.98 Å². The topological polar surface area (TPSA) is 125 Å². The number of aromatic nitrogens is 4. The smallest absolute Gasteiger partial charge is 0.378 e. The van der Waals surface area contributed by atoms with Crippen molar-refractivity contribution in [3.05, 3.63) is 64.6 Å². The molecule has 0 atom stereocenters. The molecule has 0 spiro atoms. The summed E-state index contributed by atoms with van der Waals surface area (Å²) in [6.45, 7) is 4.96. The maximum atomic E-state index is 12.7. The quantitative estimate of drug-likeness (QED) is 0.400. The van der Waals surface area contributed by atoms with Crippen molar-refractivity contribution >= 4 is 40.0 Å². The molecule has 3 heterocycles. The van der Waals surface area contributed by atoms with Crippen LogP contribution in [0.4, 0.5) is 5.00 Å². The normalized spacial score (nSPS) is 10.8. The lowest BCUT2D eigenvalue weighted by molar-refractivity contribution is -0.119. The number of anilines is 1. The van der Waals surface area contributed by atoms with Crippen molar-refractivity contribution in [2.75, 3.05) is 18.5 Å². The Morgan fingerprint density at radius 2 is 1.82 bits per heavy atom. The van der Waals surface area contributed by atoms with Crippen LogP contribution >= 0.6 is 11.3 Å². The fraction of sp³-hybridized carbons (Fsp3) is 0.217. The number of aryl methyl sites for hydroxylation is 2. The van der Waals surface area contributed by atoms with Gasteiger partial charge in [-0.15, -0.1) is 16.4 Å². The Bertz CT molecular complexity index is 1380. The van der Waals surface area contributed by atoms with Crippen LogP contribution in [0, 0.1) is 13.8 Å². The molecule has 0 saturated carbocycles. The van der Waals surface area contributed by atoms with Gasteiger partial charge in [-0.1, -0.05) is 30.3 Å². The number of carbonyl (C=O) groups excluding carboxylic acids is 3. The molecule has 34 heavy (non-hydrogen) atoms. The zero-order valence-corrected chi connectivity index (χ0v) is 19.5. The van der Waals surface area contributed by atoms with Gasteiger partial charge < -0.3 is 14.8 Å². The predicted molar refractivity (Wildman–Crippen MR) is 125 cm³/mol. The second-order valence-electron chi connectivity index (χ2n) is 7.18. The molecule has 0 radical (unpaired) electrons. The van der Waals surface area contributed by atoms with E-state index in [9.17, 15) is 14.4 Å². The largest absolute Gasteiger partial charge is 0.462 e. The van der Waals surface area contributed by atoms with Crippen molar-refractivity contribution in [3.8, 4) is 11.1 Å². The lowest BCUT2D eigenvalue weighted by atomic mass is 10.0. The van der Waals surface area contributed by atoms with Crippen molar-refractivity contribution in [1.29, 1.82) is 0 Å². The third-order valence-electron chi connectivity index (χ3n) is 4.83. The first-order valence-electron chi connectivity index (χ1n) is 10.4. The van der Waals surface area contributed by atoms with E-state index in [0.29, 0.717) is 10.6 Å². The number of rotatable bonds is 7. The number of fused-ring (bicyclic) bond motifs is 1. The van der Waals surface area contributed by atoms with Gasteiger partial charge in [0, 0.05) is 22.3 Å². The molecule has 0 fully saturated rings. The van der Waals surface area contributed by atoms with Gasteiger partial charge >= 0.3 is 11.9 Å². The van der Waals surface area contributed by atoms with Crippen LogP contribution in [0.15, 0.2) is 42.6 Å². The Morgan fingerprint density at radius 1 is 1.06 bits per heavy atom. The summed E-state index contributed by atoms with van der Waals surface area (Å²) in [5.41, 5.74) is 2.52. The third-order valence-corrected chi connectivity index (χ3v) is 5.85. The Morgan fingerprint density at radius 3 is 2.53 bits per heavy atom. The number of amides is 1. The van der Waals surface area contributed by atoms with Gasteiger partial charge in [-0.05, 0) is 32.4 Å². The highest BCUT2D eigenvalue weighted by Gasteiger charge is 2.26. The van der Waals surface area contributed by atoms with Crippen LogP contribution in [0.3, 0.4) is 0 Å². The lowest BCUT2D eigenvalue weighted by Crippen LogP contribution is -2.22. The number of ether oxygens (including phenoxy) is 2. The zero-order valence-electron chi connectivity index (χ0n) is 18.7. The number of thiophene rings is 1. The van der Waals surface area contributed by atoms with Crippen molar-refractivity contribution < 1.29 is 23.9 Å². The number of nitrogens with one attached hydrogen (secondary N) is 1. The maximum absolute atomic E-state index is 12.7. The molecule has 0 saturated heterocycles. The van der Waals surface area contributed by atoms with E-state index in [1.54, 1.807) is 26.1 Å². The highest BCUT2D eigenvalue weighted by molar-refractivity contribution is 7.17. The highest BCUT2D eigenvalue weighted by Crippen LogP contribution is 2.40. The van der Waals surface area contributed by atoms with E-state index in [0.717, 1.165) is 16.1 Å². The van der Waals surface area contributed by atoms with E-state index in [2.05, 4.69) is 20.4 Å². The summed E-state index contributed by atoms with van der Waals surface area (Å²) in [5, 5.41) is 7.05. The Labute approximate surface area is 198 Å². The van der Waals surface area contributed by atoms with Crippen LogP contribution < -0.4 is 5.32 Å². The molecule has 11 heteroatoms. The first kappa shape index (κ1) is 23.1. The van der Waals surface area contributed by atoms with E-state index in [-0.39, 0.29) is 23.8 Å². The minimum atomic E-state index is -0.863. The summed E-state index contributed by atoms with van der Waals surface area (Å²) < 4.78 is 11.7. The van der Waals surface area contributed by atoms with Gasteiger partial charge in [0.25, 0.3) is 17.5 Å². The van der Waals surface area contributed by atoms with E-state index in [1.165, 1.54) is 15.9 Å². The van der Waals surface area contributed by atoms with E-state index in [1.807, 2.05) is 37.3 Å². The van der Waals surface area contributed by atoms with Gasteiger partial charge in [0.2, 0.25) is 0 Å². The molecular weight excluding hydrogens is 458 g/mol. The standard InChI is InChI=1S/C23H21N5O5S/c1-4-32-21(30)18-17(15-8-6-5-7-9-15)14(3)34-20(18)25-16(29)12-33-22(31)19-26-23-24-11-10-13(2)28(23)27-19/h5-11H,4,12H2,1-3H3,(H,25,29). The van der Waals surface area contributed by atoms with Crippen LogP contribution in [0.5, 0.6) is 0 Å². The molecule has 4 aromatic rings. The third kappa shape index (κ3) is 4.64. The highest BCUT2D eigenvalue weighted by atomic mass is 32.1. The zero-order chi connectivity index (χ0) is 24.2. The molecule has 1 N–H and O–H groups in total. The van der Waals surface area contributed by atoms with Crippen molar-refractivity contribution in [2.24, 2.45) is 0 Å². The number of nitrogens with zero attached hydrogens (tertiary/aromatic N) is 4. The number of carbonyl (C=O) groups is 3. The second-order valence-corrected chi connectivity index (χ2v) is 8.41. The molecule has 4 rings (SSSR count). The van der Waals surface area contributed by atoms with Crippen LogP contribution in [-0.4, -0.2) is 50.6 Å². The van der Waals surface area contributed by atoms with Crippen LogP contribution in [0.2, 0.25) is 0 Å². The summed E-state index contributed by atoms with van der Waals surface area (Å²) in [6, 6.07) is 11.1. The Hall–Kier alpha value is -4.12. The predicted octanol–water partition coefficient (Wildman–Crippen LogP) is 3.44.